The first-order chi connectivity index (χ1) is 8.11. The summed E-state index contributed by atoms with van der Waals surface area (Å²) < 4.78 is 13.7. The van der Waals surface area contributed by atoms with Crippen molar-refractivity contribution in [3.05, 3.63) is 58.4 Å². The van der Waals surface area contributed by atoms with Gasteiger partial charge in [-0.1, -0.05) is 23.2 Å². The molecule has 0 saturated heterocycles. The van der Waals surface area contributed by atoms with Gasteiger partial charge in [0.2, 0.25) is 0 Å². The lowest BCUT2D eigenvalue weighted by Crippen LogP contribution is -1.88. The summed E-state index contributed by atoms with van der Waals surface area (Å²) in [5, 5.41) is 9.28. The summed E-state index contributed by atoms with van der Waals surface area (Å²) in [6.07, 6.45) is 0. The number of hydrogen-bond acceptors (Lipinski definition) is 1. The van der Waals surface area contributed by atoms with Crippen molar-refractivity contribution in [2.75, 3.05) is 0 Å². The Labute approximate surface area is 104 Å². The van der Waals surface area contributed by atoms with Crippen LogP contribution in [-0.4, -0.2) is 0 Å². The maximum absolute atomic E-state index is 13.7. The first-order valence-corrected chi connectivity index (χ1v) is 5.46. The smallest absolute Gasteiger partial charge is 0.131 e. The van der Waals surface area contributed by atoms with Gasteiger partial charge in [-0.25, -0.2) is 4.39 Å². The van der Waals surface area contributed by atoms with Crippen LogP contribution in [0.2, 0.25) is 5.02 Å². The number of benzene rings is 2. The highest BCUT2D eigenvalue weighted by atomic mass is 35.5. The molecule has 0 N–H and O–H groups in total. The van der Waals surface area contributed by atoms with Gasteiger partial charge >= 0.3 is 0 Å². The second kappa shape index (κ2) is 4.57. The largest absolute Gasteiger partial charge is 0.206 e. The predicted octanol–water partition coefficient (Wildman–Crippen LogP) is 4.33. The molecule has 0 aromatic heterocycles. The molecule has 0 spiro atoms. The zero-order chi connectivity index (χ0) is 12.4. The van der Waals surface area contributed by atoms with Gasteiger partial charge in [0, 0.05) is 16.1 Å². The summed E-state index contributed by atoms with van der Waals surface area (Å²) in [7, 11) is 0. The number of hydrogen-bond donors (Lipinski definition) is 0. The van der Waals surface area contributed by atoms with Crippen molar-refractivity contribution < 1.29 is 4.39 Å². The molecule has 0 bridgehead atoms. The lowest BCUT2D eigenvalue weighted by Gasteiger charge is -2.07. The highest BCUT2D eigenvalue weighted by Gasteiger charge is 2.10. The monoisotopic (exact) mass is 245 g/mol. The van der Waals surface area contributed by atoms with Crippen LogP contribution in [0.25, 0.3) is 11.1 Å². The van der Waals surface area contributed by atoms with Gasteiger partial charge in [0.15, 0.2) is 0 Å². The summed E-state index contributed by atoms with van der Waals surface area (Å²) in [6.45, 7) is 1.88. The Morgan fingerprint density at radius 3 is 2.59 bits per heavy atom. The maximum Gasteiger partial charge on any atom is 0.131 e. The molecule has 3 heteroatoms. The molecule has 0 heterocycles. The van der Waals surface area contributed by atoms with E-state index in [9.17, 15) is 4.39 Å². The molecule has 0 amide bonds. The van der Waals surface area contributed by atoms with Crippen molar-refractivity contribution in [2.24, 2.45) is 0 Å². The molecule has 0 atom stereocenters. The van der Waals surface area contributed by atoms with Crippen LogP contribution >= 0.6 is 11.6 Å². The molecular weight excluding hydrogens is 237 g/mol. The number of nitrogens with zero attached hydrogens (tertiary/aromatic N) is 1. The van der Waals surface area contributed by atoms with Crippen LogP contribution in [0.1, 0.15) is 11.1 Å². The average molecular weight is 246 g/mol. The van der Waals surface area contributed by atoms with Gasteiger partial charge in [-0.05, 0) is 37.3 Å². The van der Waals surface area contributed by atoms with E-state index in [-0.39, 0.29) is 5.82 Å². The molecule has 0 aliphatic heterocycles. The summed E-state index contributed by atoms with van der Waals surface area (Å²) >= 11 is 6.04. The minimum atomic E-state index is -0.340. The van der Waals surface area contributed by atoms with Crippen molar-refractivity contribution in [3.8, 4) is 17.2 Å². The lowest BCUT2D eigenvalue weighted by molar-refractivity contribution is 0.631. The first-order valence-electron chi connectivity index (χ1n) is 5.08. The van der Waals surface area contributed by atoms with Crippen molar-refractivity contribution in [3.63, 3.8) is 0 Å². The molecule has 0 saturated carbocycles. The Morgan fingerprint density at radius 1 is 1.12 bits per heavy atom. The fourth-order valence-corrected chi connectivity index (χ4v) is 1.87. The summed E-state index contributed by atoms with van der Waals surface area (Å²) in [6, 6.07) is 11.7. The molecule has 0 unspecified atom stereocenters. The van der Waals surface area contributed by atoms with E-state index in [1.165, 1.54) is 6.07 Å². The van der Waals surface area contributed by atoms with Crippen molar-refractivity contribution >= 4 is 11.6 Å². The van der Waals surface area contributed by atoms with E-state index in [0.29, 0.717) is 21.7 Å². The van der Waals surface area contributed by atoms with Crippen LogP contribution in [0, 0.1) is 24.1 Å². The Hall–Kier alpha value is -1.85. The second-order valence-electron chi connectivity index (χ2n) is 3.79. The van der Waals surface area contributed by atoms with Crippen molar-refractivity contribution in [1.82, 2.24) is 0 Å². The van der Waals surface area contributed by atoms with E-state index >= 15 is 0 Å². The third kappa shape index (κ3) is 2.30. The van der Waals surface area contributed by atoms with E-state index in [1.54, 1.807) is 30.3 Å². The SMILES string of the molecule is Cc1ccc(F)c(-c2cc(C#N)ccc2Cl)c1. The number of rotatable bonds is 1. The molecule has 17 heavy (non-hydrogen) atoms. The minimum absolute atomic E-state index is 0.340. The number of aryl methyl sites for hydroxylation is 1. The topological polar surface area (TPSA) is 23.8 Å². The van der Waals surface area contributed by atoms with E-state index in [4.69, 9.17) is 16.9 Å². The van der Waals surface area contributed by atoms with Crippen LogP contribution in [0.15, 0.2) is 36.4 Å². The molecule has 2 aromatic carbocycles. The molecule has 0 fully saturated rings. The minimum Gasteiger partial charge on any atom is -0.206 e. The second-order valence-corrected chi connectivity index (χ2v) is 4.20. The zero-order valence-electron chi connectivity index (χ0n) is 9.17. The van der Waals surface area contributed by atoms with Crippen LogP contribution in [0.5, 0.6) is 0 Å². The Bertz CT molecular complexity index is 614. The summed E-state index contributed by atoms with van der Waals surface area (Å²) in [5.74, 6) is -0.340. The Morgan fingerprint density at radius 2 is 1.88 bits per heavy atom. The van der Waals surface area contributed by atoms with E-state index < -0.39 is 0 Å². The molecule has 0 aliphatic rings. The fraction of sp³-hybridized carbons (Fsp3) is 0.0714. The average Bonchev–Trinajstić information content (AvgIpc) is 2.33. The molecule has 0 radical (unpaired) electrons. The molecule has 0 aliphatic carbocycles. The van der Waals surface area contributed by atoms with Crippen molar-refractivity contribution in [2.45, 2.75) is 6.92 Å². The first kappa shape index (κ1) is 11.6. The van der Waals surface area contributed by atoms with Crippen LogP contribution in [0.3, 0.4) is 0 Å². The molecule has 1 nitrogen and oxygen atoms in total. The van der Waals surface area contributed by atoms with Gasteiger partial charge in [-0.15, -0.1) is 0 Å². The zero-order valence-corrected chi connectivity index (χ0v) is 9.92. The highest BCUT2D eigenvalue weighted by molar-refractivity contribution is 6.33. The van der Waals surface area contributed by atoms with E-state index in [1.807, 2.05) is 13.0 Å². The number of nitriles is 1. The van der Waals surface area contributed by atoms with Crippen LogP contribution < -0.4 is 0 Å². The van der Waals surface area contributed by atoms with Gasteiger partial charge in [0.25, 0.3) is 0 Å². The number of halogens is 2. The Balaban J connectivity index is 2.68. The lowest BCUT2D eigenvalue weighted by atomic mass is 10.0. The quantitative estimate of drug-likeness (QED) is 0.734. The maximum atomic E-state index is 13.7. The summed E-state index contributed by atoms with van der Waals surface area (Å²) in [4.78, 5) is 0. The van der Waals surface area contributed by atoms with E-state index in [0.717, 1.165) is 5.56 Å². The normalized spacial score (nSPS) is 10.0. The highest BCUT2D eigenvalue weighted by Crippen LogP contribution is 2.31. The van der Waals surface area contributed by atoms with E-state index in [2.05, 4.69) is 0 Å². The van der Waals surface area contributed by atoms with Gasteiger partial charge in [0.05, 0.1) is 11.6 Å². The predicted molar refractivity (Wildman–Crippen MR) is 66.3 cm³/mol. The van der Waals surface area contributed by atoms with Gasteiger partial charge in [0.1, 0.15) is 5.82 Å². The molecule has 2 rings (SSSR count). The van der Waals surface area contributed by atoms with Crippen LogP contribution in [-0.2, 0) is 0 Å². The van der Waals surface area contributed by atoms with Gasteiger partial charge in [-0.2, -0.15) is 5.26 Å². The summed E-state index contributed by atoms with van der Waals surface area (Å²) in [5.41, 5.74) is 2.38. The third-order valence-electron chi connectivity index (χ3n) is 2.51. The van der Waals surface area contributed by atoms with Crippen molar-refractivity contribution in [1.29, 1.82) is 5.26 Å². The molecule has 2 aromatic rings. The third-order valence-corrected chi connectivity index (χ3v) is 2.84. The fourth-order valence-electron chi connectivity index (χ4n) is 1.65. The van der Waals surface area contributed by atoms with Gasteiger partial charge < -0.3 is 0 Å². The van der Waals surface area contributed by atoms with Crippen LogP contribution in [0.4, 0.5) is 4.39 Å². The Kier molecular flexibility index (Phi) is 3.12. The standard InChI is InChI=1S/C14H9ClFN/c1-9-2-5-14(16)12(6-9)11-7-10(8-17)3-4-13(11)15/h2-7H,1H3. The molecular formula is C14H9ClFN. The van der Waals surface area contributed by atoms with Gasteiger partial charge in [-0.3, -0.25) is 0 Å². The molecule has 84 valence electrons.